The monoisotopic (exact) mass is 332 g/mol. The molecule has 4 N–H and O–H groups in total. The fourth-order valence-electron chi connectivity index (χ4n) is 2.81. The van der Waals surface area contributed by atoms with Crippen LogP contribution >= 0.6 is 11.6 Å². The topological polar surface area (TPSA) is 92.4 Å². The van der Waals surface area contributed by atoms with Gasteiger partial charge in [0.1, 0.15) is 4.90 Å². The van der Waals surface area contributed by atoms with Gasteiger partial charge in [0.05, 0.1) is 5.02 Å². The average molecular weight is 333 g/mol. The quantitative estimate of drug-likeness (QED) is 0.719. The summed E-state index contributed by atoms with van der Waals surface area (Å²) in [6.45, 7) is 0.421. The number of hydrogen-bond donors (Lipinski definition) is 3. The molecular weight excluding hydrogens is 312 g/mol. The van der Waals surface area contributed by atoms with Crippen molar-refractivity contribution in [3.8, 4) is 0 Å². The van der Waals surface area contributed by atoms with Crippen LogP contribution in [0.4, 0.5) is 5.69 Å². The molecule has 1 aliphatic carbocycles. The summed E-state index contributed by atoms with van der Waals surface area (Å²) >= 11 is 5.94. The number of anilines is 1. The summed E-state index contributed by atoms with van der Waals surface area (Å²) in [4.78, 5) is 0.000486. The molecule has 0 amide bonds. The highest BCUT2D eigenvalue weighted by molar-refractivity contribution is 7.89. The molecule has 118 valence electrons. The van der Waals surface area contributed by atoms with Crippen molar-refractivity contribution >= 4 is 27.3 Å². The first-order valence-corrected chi connectivity index (χ1v) is 8.95. The number of nitrogen functional groups attached to an aromatic ring is 1. The van der Waals surface area contributed by atoms with Gasteiger partial charge in [-0.3, -0.25) is 0 Å². The number of benzene rings is 1. The molecule has 2 atom stereocenters. The summed E-state index contributed by atoms with van der Waals surface area (Å²) in [6, 6.07) is 4.39. The van der Waals surface area contributed by atoms with E-state index < -0.39 is 10.0 Å². The summed E-state index contributed by atoms with van der Waals surface area (Å²) in [5, 5.41) is 9.53. The molecule has 1 aliphatic rings. The molecule has 0 aromatic heterocycles. The molecule has 0 saturated heterocycles. The van der Waals surface area contributed by atoms with E-state index in [1.807, 2.05) is 0 Å². The fraction of sp³-hybridized carbons (Fsp3) is 0.571. The van der Waals surface area contributed by atoms with E-state index in [-0.39, 0.29) is 28.4 Å². The van der Waals surface area contributed by atoms with Crippen LogP contribution in [-0.4, -0.2) is 26.7 Å². The number of nitrogens with one attached hydrogen (secondary N) is 1. The lowest BCUT2D eigenvalue weighted by Gasteiger charge is -2.30. The maximum atomic E-state index is 12.3. The summed E-state index contributed by atoms with van der Waals surface area (Å²) in [5.41, 5.74) is 5.98. The van der Waals surface area contributed by atoms with E-state index in [9.17, 15) is 13.5 Å². The number of halogens is 1. The number of aliphatic hydroxyl groups is 1. The lowest BCUT2D eigenvalue weighted by atomic mass is 9.80. The molecular formula is C14H21ClN2O3S. The van der Waals surface area contributed by atoms with Gasteiger partial charge in [-0.05, 0) is 42.9 Å². The van der Waals surface area contributed by atoms with Gasteiger partial charge in [-0.25, -0.2) is 13.1 Å². The smallest absolute Gasteiger partial charge is 0.242 e. The maximum Gasteiger partial charge on any atom is 0.242 e. The maximum absolute atomic E-state index is 12.3. The Labute approximate surface area is 130 Å². The van der Waals surface area contributed by atoms with Crippen molar-refractivity contribution in [1.29, 1.82) is 0 Å². The Morgan fingerprint density at radius 2 is 1.95 bits per heavy atom. The van der Waals surface area contributed by atoms with Gasteiger partial charge in [-0.15, -0.1) is 0 Å². The van der Waals surface area contributed by atoms with Gasteiger partial charge in [-0.1, -0.05) is 24.4 Å². The van der Waals surface area contributed by atoms with Gasteiger partial charge in [0.2, 0.25) is 10.0 Å². The predicted octanol–water partition coefficient (Wildman–Crippen LogP) is 2.00. The summed E-state index contributed by atoms with van der Waals surface area (Å²) in [6.07, 6.45) is 4.04. The first kappa shape index (κ1) is 16.5. The SMILES string of the molecule is Nc1ccc(Cl)c(S(=O)(=O)NCC2CCCCC2CO)c1. The molecule has 0 heterocycles. The summed E-state index contributed by atoms with van der Waals surface area (Å²) in [7, 11) is -3.69. The highest BCUT2D eigenvalue weighted by Gasteiger charge is 2.27. The molecule has 1 aromatic carbocycles. The van der Waals surface area contributed by atoms with E-state index in [2.05, 4.69) is 4.72 Å². The molecule has 7 heteroatoms. The molecule has 21 heavy (non-hydrogen) atoms. The van der Waals surface area contributed by atoms with E-state index in [1.54, 1.807) is 6.07 Å². The molecule has 2 rings (SSSR count). The molecule has 1 aromatic rings. The van der Waals surface area contributed by atoms with Crippen LogP contribution in [0.2, 0.25) is 5.02 Å². The van der Waals surface area contributed by atoms with E-state index in [0.717, 1.165) is 25.7 Å². The molecule has 1 fully saturated rings. The van der Waals surface area contributed by atoms with E-state index in [4.69, 9.17) is 17.3 Å². The predicted molar refractivity (Wildman–Crippen MR) is 83.6 cm³/mol. The third-order valence-corrected chi connectivity index (χ3v) is 5.99. The summed E-state index contributed by atoms with van der Waals surface area (Å²) in [5.74, 6) is 0.330. The largest absolute Gasteiger partial charge is 0.399 e. The van der Waals surface area contributed by atoms with E-state index in [0.29, 0.717) is 12.2 Å². The van der Waals surface area contributed by atoms with Crippen molar-refractivity contribution in [3.05, 3.63) is 23.2 Å². The standard InChI is InChI=1S/C14H21ClN2O3S/c15-13-6-5-12(16)7-14(13)21(19,20)17-8-10-3-1-2-4-11(10)9-18/h5-7,10-11,17-18H,1-4,8-9,16H2. The lowest BCUT2D eigenvalue weighted by Crippen LogP contribution is -2.35. The number of sulfonamides is 1. The minimum atomic E-state index is -3.69. The van der Waals surface area contributed by atoms with Crippen LogP contribution in [0, 0.1) is 11.8 Å². The van der Waals surface area contributed by atoms with Crippen LogP contribution in [0.15, 0.2) is 23.1 Å². The van der Waals surface area contributed by atoms with Gasteiger partial charge in [0.15, 0.2) is 0 Å². The molecule has 1 saturated carbocycles. The van der Waals surface area contributed by atoms with Crippen molar-refractivity contribution < 1.29 is 13.5 Å². The number of nitrogens with two attached hydrogens (primary N) is 1. The average Bonchev–Trinajstić information content (AvgIpc) is 2.48. The minimum absolute atomic E-state index is 0.000486. The van der Waals surface area contributed by atoms with E-state index in [1.165, 1.54) is 12.1 Å². The zero-order valence-electron chi connectivity index (χ0n) is 11.8. The molecule has 5 nitrogen and oxygen atoms in total. The van der Waals surface area contributed by atoms with Gasteiger partial charge < -0.3 is 10.8 Å². The second kappa shape index (κ2) is 6.96. The first-order valence-electron chi connectivity index (χ1n) is 7.09. The van der Waals surface area contributed by atoms with E-state index >= 15 is 0 Å². The zero-order valence-corrected chi connectivity index (χ0v) is 13.3. The van der Waals surface area contributed by atoms with Crippen LogP contribution in [0.1, 0.15) is 25.7 Å². The molecule has 0 spiro atoms. The third kappa shape index (κ3) is 4.10. The van der Waals surface area contributed by atoms with Crippen LogP contribution in [-0.2, 0) is 10.0 Å². The molecule has 2 unspecified atom stereocenters. The highest BCUT2D eigenvalue weighted by Crippen LogP contribution is 2.30. The normalized spacial score (nSPS) is 23.1. The third-order valence-electron chi connectivity index (χ3n) is 4.08. The Balaban J connectivity index is 2.09. The lowest BCUT2D eigenvalue weighted by molar-refractivity contribution is 0.136. The Morgan fingerprint density at radius 1 is 1.29 bits per heavy atom. The van der Waals surface area contributed by atoms with Gasteiger partial charge in [-0.2, -0.15) is 0 Å². The highest BCUT2D eigenvalue weighted by atomic mass is 35.5. The number of aliphatic hydroxyl groups excluding tert-OH is 1. The fourth-order valence-corrected chi connectivity index (χ4v) is 4.44. The van der Waals surface area contributed by atoms with Gasteiger partial charge in [0.25, 0.3) is 0 Å². The van der Waals surface area contributed by atoms with Crippen molar-refractivity contribution in [2.75, 3.05) is 18.9 Å². The molecule has 0 bridgehead atoms. The van der Waals surface area contributed by atoms with Crippen LogP contribution < -0.4 is 10.5 Å². The van der Waals surface area contributed by atoms with Crippen LogP contribution in [0.3, 0.4) is 0 Å². The van der Waals surface area contributed by atoms with Gasteiger partial charge in [0, 0.05) is 18.8 Å². The number of rotatable bonds is 5. The van der Waals surface area contributed by atoms with Crippen molar-refractivity contribution in [2.24, 2.45) is 11.8 Å². The Bertz CT molecular complexity index is 592. The zero-order chi connectivity index (χ0) is 15.5. The Hall–Kier alpha value is -0.820. The second-order valence-corrected chi connectivity index (χ2v) is 7.67. The molecule has 0 aliphatic heterocycles. The second-order valence-electron chi connectivity index (χ2n) is 5.53. The molecule has 0 radical (unpaired) electrons. The van der Waals surface area contributed by atoms with Crippen molar-refractivity contribution in [3.63, 3.8) is 0 Å². The van der Waals surface area contributed by atoms with Crippen molar-refractivity contribution in [2.45, 2.75) is 30.6 Å². The summed E-state index contributed by atoms with van der Waals surface area (Å²) < 4.78 is 27.3. The van der Waals surface area contributed by atoms with Crippen LogP contribution in [0.25, 0.3) is 0 Å². The van der Waals surface area contributed by atoms with Crippen LogP contribution in [0.5, 0.6) is 0 Å². The van der Waals surface area contributed by atoms with Gasteiger partial charge >= 0.3 is 0 Å². The number of hydrogen-bond acceptors (Lipinski definition) is 4. The minimum Gasteiger partial charge on any atom is -0.399 e. The Kier molecular flexibility index (Phi) is 5.48. The van der Waals surface area contributed by atoms with Crippen molar-refractivity contribution in [1.82, 2.24) is 4.72 Å². The Morgan fingerprint density at radius 3 is 2.62 bits per heavy atom. The first-order chi connectivity index (χ1) is 9.94.